The van der Waals surface area contributed by atoms with Crippen molar-refractivity contribution in [3.63, 3.8) is 0 Å². The molecule has 1 aliphatic rings. The Labute approximate surface area is 162 Å². The van der Waals surface area contributed by atoms with Crippen LogP contribution in [0.4, 0.5) is 0 Å². The Hall–Kier alpha value is -0.750. The van der Waals surface area contributed by atoms with Gasteiger partial charge in [0.1, 0.15) is 0 Å². The minimum absolute atomic E-state index is 0. The molecule has 4 nitrogen and oxygen atoms in total. The monoisotopic (exact) mass is 386 g/mol. The number of nitrogens with one attached hydrogen (secondary N) is 2. The number of hydrogen-bond donors (Lipinski definition) is 2. The molecule has 1 amide bonds. The van der Waals surface area contributed by atoms with Gasteiger partial charge in [0.25, 0.3) is 0 Å². The Morgan fingerprint density at radius 1 is 1.28 bits per heavy atom. The van der Waals surface area contributed by atoms with Gasteiger partial charge in [-0.15, -0.1) is 24.2 Å². The van der Waals surface area contributed by atoms with Gasteiger partial charge in [-0.3, -0.25) is 4.79 Å². The van der Waals surface area contributed by atoms with E-state index in [1.165, 1.54) is 16.0 Å². The van der Waals surface area contributed by atoms with E-state index in [-0.39, 0.29) is 23.7 Å². The minimum Gasteiger partial charge on any atom is -0.384 e. The van der Waals surface area contributed by atoms with Crippen LogP contribution in [0.5, 0.6) is 0 Å². The molecular formula is C19H31ClN2O2S. The van der Waals surface area contributed by atoms with Crippen LogP contribution in [-0.4, -0.2) is 45.0 Å². The second-order valence-corrected chi connectivity index (χ2v) is 7.97. The van der Waals surface area contributed by atoms with Gasteiger partial charge in [0.05, 0.1) is 6.61 Å². The van der Waals surface area contributed by atoms with Crippen molar-refractivity contribution in [3.8, 4) is 0 Å². The summed E-state index contributed by atoms with van der Waals surface area (Å²) in [5.41, 5.74) is 2.70. The van der Waals surface area contributed by atoms with E-state index < -0.39 is 0 Å². The number of hydrogen-bond acceptors (Lipinski definition) is 4. The molecule has 0 saturated carbocycles. The van der Waals surface area contributed by atoms with Crippen LogP contribution >= 0.6 is 24.2 Å². The molecule has 0 aromatic heterocycles. The smallest absolute Gasteiger partial charge is 0.220 e. The molecule has 1 fully saturated rings. The van der Waals surface area contributed by atoms with Gasteiger partial charge in [-0.05, 0) is 63.0 Å². The van der Waals surface area contributed by atoms with Gasteiger partial charge < -0.3 is 15.4 Å². The second-order valence-electron chi connectivity index (χ2n) is 6.80. The average Bonchev–Trinajstić information content (AvgIpc) is 2.57. The fourth-order valence-electron chi connectivity index (χ4n) is 3.08. The molecule has 25 heavy (non-hydrogen) atoms. The lowest BCUT2D eigenvalue weighted by Crippen LogP contribution is -2.47. The molecule has 1 heterocycles. The van der Waals surface area contributed by atoms with Crippen molar-refractivity contribution >= 4 is 30.1 Å². The van der Waals surface area contributed by atoms with Crippen LogP contribution in [0.3, 0.4) is 0 Å². The van der Waals surface area contributed by atoms with E-state index in [9.17, 15) is 4.79 Å². The molecule has 0 atom stereocenters. The van der Waals surface area contributed by atoms with E-state index in [4.69, 9.17) is 4.74 Å². The summed E-state index contributed by atoms with van der Waals surface area (Å²) >= 11 is 1.75. The van der Waals surface area contributed by atoms with E-state index >= 15 is 0 Å². The highest BCUT2D eigenvalue weighted by Crippen LogP contribution is 2.28. The third-order valence-corrected chi connectivity index (χ3v) is 5.85. The fourth-order valence-corrected chi connectivity index (χ4v) is 4.02. The molecule has 0 spiro atoms. The number of methoxy groups -OCH3 is 1. The van der Waals surface area contributed by atoms with Gasteiger partial charge in [-0.25, -0.2) is 0 Å². The van der Waals surface area contributed by atoms with Crippen molar-refractivity contribution in [1.29, 1.82) is 0 Å². The highest BCUT2D eigenvalue weighted by molar-refractivity contribution is 7.99. The zero-order chi connectivity index (χ0) is 17.4. The van der Waals surface area contributed by atoms with Gasteiger partial charge in [-0.2, -0.15) is 0 Å². The van der Waals surface area contributed by atoms with E-state index in [1.807, 2.05) is 0 Å². The second kappa shape index (κ2) is 11.1. The Kier molecular flexibility index (Phi) is 9.87. The summed E-state index contributed by atoms with van der Waals surface area (Å²) in [5, 5.41) is 6.50. The third-order valence-electron chi connectivity index (χ3n) is 4.85. The van der Waals surface area contributed by atoms with Crippen LogP contribution in [0.2, 0.25) is 0 Å². The van der Waals surface area contributed by atoms with E-state index in [0.29, 0.717) is 13.0 Å². The number of ether oxygens (including phenoxy) is 1. The van der Waals surface area contributed by atoms with Gasteiger partial charge in [0.15, 0.2) is 0 Å². The molecule has 0 radical (unpaired) electrons. The summed E-state index contributed by atoms with van der Waals surface area (Å²) in [4.78, 5) is 13.4. The summed E-state index contributed by atoms with van der Waals surface area (Å²) in [6, 6.07) is 6.47. The molecule has 0 unspecified atom stereocenters. The number of halogens is 1. The number of thioether (sulfide) groups is 1. The van der Waals surface area contributed by atoms with Crippen molar-refractivity contribution in [2.75, 3.05) is 39.1 Å². The first-order valence-electron chi connectivity index (χ1n) is 8.71. The number of piperidine rings is 1. The largest absolute Gasteiger partial charge is 0.384 e. The van der Waals surface area contributed by atoms with Gasteiger partial charge in [0.2, 0.25) is 5.91 Å². The van der Waals surface area contributed by atoms with Crippen LogP contribution in [0.25, 0.3) is 0 Å². The highest BCUT2D eigenvalue weighted by Gasteiger charge is 2.32. The number of aryl methyl sites for hydroxylation is 2. The highest BCUT2D eigenvalue weighted by atomic mass is 35.5. The number of carbonyl (C=O) groups excluding carboxylic acids is 1. The Morgan fingerprint density at radius 3 is 2.64 bits per heavy atom. The van der Waals surface area contributed by atoms with Crippen molar-refractivity contribution < 1.29 is 9.53 Å². The first-order chi connectivity index (χ1) is 11.5. The number of benzene rings is 1. The summed E-state index contributed by atoms with van der Waals surface area (Å²) in [5.74, 6) is 0.952. The maximum atomic E-state index is 12.2. The average molecular weight is 387 g/mol. The van der Waals surface area contributed by atoms with Gasteiger partial charge in [-0.1, -0.05) is 6.07 Å². The zero-order valence-corrected chi connectivity index (χ0v) is 17.2. The molecule has 0 aliphatic carbocycles. The molecule has 1 aromatic rings. The number of carbonyl (C=O) groups is 1. The predicted octanol–water partition coefficient (Wildman–Crippen LogP) is 3.34. The molecule has 142 valence electrons. The first kappa shape index (κ1) is 22.3. The molecular weight excluding hydrogens is 356 g/mol. The SMILES string of the molecule is COCC1(CNC(=O)CCSc2ccc(C)c(C)c2)CCNCC1.Cl. The summed E-state index contributed by atoms with van der Waals surface area (Å²) in [6.07, 6.45) is 2.66. The third kappa shape index (κ3) is 7.18. The van der Waals surface area contributed by atoms with Crippen molar-refractivity contribution in [3.05, 3.63) is 29.3 Å². The molecule has 2 rings (SSSR count). The lowest BCUT2D eigenvalue weighted by molar-refractivity contribution is -0.121. The first-order valence-corrected chi connectivity index (χ1v) is 9.70. The molecule has 6 heteroatoms. The topological polar surface area (TPSA) is 50.4 Å². The van der Waals surface area contributed by atoms with Crippen molar-refractivity contribution in [2.45, 2.75) is 38.0 Å². The normalized spacial score (nSPS) is 16.1. The van der Waals surface area contributed by atoms with Crippen LogP contribution in [0, 0.1) is 19.3 Å². The van der Waals surface area contributed by atoms with Crippen LogP contribution in [0.15, 0.2) is 23.1 Å². The molecule has 1 aromatic carbocycles. The summed E-state index contributed by atoms with van der Waals surface area (Å²) < 4.78 is 5.39. The quantitative estimate of drug-likeness (QED) is 0.673. The zero-order valence-electron chi connectivity index (χ0n) is 15.5. The minimum atomic E-state index is 0. The lowest BCUT2D eigenvalue weighted by atomic mass is 9.79. The Morgan fingerprint density at radius 2 is 2.00 bits per heavy atom. The molecule has 0 bridgehead atoms. The van der Waals surface area contributed by atoms with Crippen molar-refractivity contribution in [1.82, 2.24) is 10.6 Å². The van der Waals surface area contributed by atoms with Crippen molar-refractivity contribution in [2.24, 2.45) is 5.41 Å². The Bertz CT molecular complexity index is 543. The standard InChI is InChI=1S/C19H30N2O2S.ClH/c1-15-4-5-17(12-16(15)2)24-11-6-18(22)21-13-19(14-23-3)7-9-20-10-8-19;/h4-5,12,20H,6-11,13-14H2,1-3H3,(H,21,22);1H. The van der Waals surface area contributed by atoms with E-state index in [2.05, 4.69) is 42.7 Å². The maximum absolute atomic E-state index is 12.2. The Balaban J connectivity index is 0.00000312. The van der Waals surface area contributed by atoms with Crippen LogP contribution in [-0.2, 0) is 9.53 Å². The van der Waals surface area contributed by atoms with E-state index in [1.54, 1.807) is 18.9 Å². The van der Waals surface area contributed by atoms with E-state index in [0.717, 1.165) is 38.2 Å². The number of rotatable bonds is 8. The predicted molar refractivity (Wildman–Crippen MR) is 108 cm³/mol. The lowest BCUT2D eigenvalue weighted by Gasteiger charge is -2.37. The van der Waals surface area contributed by atoms with Crippen LogP contribution in [0.1, 0.15) is 30.4 Å². The van der Waals surface area contributed by atoms with Gasteiger partial charge >= 0.3 is 0 Å². The molecule has 2 N–H and O–H groups in total. The summed E-state index contributed by atoms with van der Waals surface area (Å²) in [7, 11) is 1.74. The fraction of sp³-hybridized carbons (Fsp3) is 0.632. The van der Waals surface area contributed by atoms with Gasteiger partial charge in [0, 0.05) is 36.1 Å². The molecule has 1 aliphatic heterocycles. The molecule has 1 saturated heterocycles. The number of amides is 1. The van der Waals surface area contributed by atoms with Crippen LogP contribution < -0.4 is 10.6 Å². The maximum Gasteiger partial charge on any atom is 0.220 e. The summed E-state index contributed by atoms with van der Waals surface area (Å²) in [6.45, 7) is 7.68.